The number of halogens is 1. The van der Waals surface area contributed by atoms with Gasteiger partial charge in [-0.05, 0) is 89.4 Å². The minimum Gasteiger partial charge on any atom is -0.478 e. The van der Waals surface area contributed by atoms with E-state index in [4.69, 9.17) is 5.11 Å². The maximum Gasteiger partial charge on any atom is 0.328 e. The number of allylic oxidation sites excluding steroid dienone is 1. The Morgan fingerprint density at radius 3 is 2.53 bits per heavy atom. The highest BCUT2D eigenvalue weighted by molar-refractivity contribution is 6.01. The first-order valence-electron chi connectivity index (χ1n) is 11.8. The van der Waals surface area contributed by atoms with E-state index in [-0.39, 0.29) is 11.7 Å². The maximum absolute atomic E-state index is 14.1. The van der Waals surface area contributed by atoms with Gasteiger partial charge in [-0.15, -0.1) is 0 Å². The van der Waals surface area contributed by atoms with Crippen LogP contribution in [0, 0.1) is 30.0 Å². The molecule has 1 fully saturated rings. The van der Waals surface area contributed by atoms with Crippen molar-refractivity contribution in [3.05, 3.63) is 112 Å². The van der Waals surface area contributed by atoms with Gasteiger partial charge in [0.05, 0.1) is 0 Å². The molecule has 0 aliphatic heterocycles. The summed E-state index contributed by atoms with van der Waals surface area (Å²) < 4.78 is 15.9. The molecule has 0 unspecified atom stereocenters. The average Bonchev–Trinajstić information content (AvgIpc) is 3.31. The predicted octanol–water partition coefficient (Wildman–Crippen LogP) is 6.51. The van der Waals surface area contributed by atoms with Gasteiger partial charge in [0.15, 0.2) is 0 Å². The lowest BCUT2D eigenvalue weighted by Gasteiger charge is -2.32. The van der Waals surface area contributed by atoms with Crippen LogP contribution in [-0.4, -0.2) is 20.5 Å². The minimum absolute atomic E-state index is 0.278. The van der Waals surface area contributed by atoms with E-state index in [0.717, 1.165) is 64.3 Å². The van der Waals surface area contributed by atoms with Crippen LogP contribution in [0.1, 0.15) is 52.8 Å². The van der Waals surface area contributed by atoms with Gasteiger partial charge >= 0.3 is 5.97 Å². The molecule has 0 bridgehead atoms. The van der Waals surface area contributed by atoms with Crippen LogP contribution in [0.25, 0.3) is 22.9 Å². The van der Waals surface area contributed by atoms with Crippen LogP contribution < -0.4 is 0 Å². The zero-order valence-electron chi connectivity index (χ0n) is 19.8. The number of benzene rings is 2. The summed E-state index contributed by atoms with van der Waals surface area (Å²) in [6.07, 6.45) is 9.25. The number of carboxylic acids is 1. The number of nitrogens with zero attached hydrogens (tertiary/aromatic N) is 3. The molecule has 0 saturated heterocycles. The van der Waals surface area contributed by atoms with Crippen LogP contribution in [0.15, 0.2) is 73.1 Å². The van der Waals surface area contributed by atoms with Gasteiger partial charge in [-0.2, -0.15) is 5.26 Å². The SMILES string of the molecule is Cc1cc(F)ccc1/C(=C(\c1ccc(/C=C/C(=O)O)cc1)c1ccc2nccn2c1C#N)C1CCC1. The first-order chi connectivity index (χ1) is 17.5. The van der Waals surface area contributed by atoms with Crippen LogP contribution in [0.5, 0.6) is 0 Å². The summed E-state index contributed by atoms with van der Waals surface area (Å²) in [6.45, 7) is 1.92. The van der Waals surface area contributed by atoms with Crippen LogP contribution >= 0.6 is 0 Å². The van der Waals surface area contributed by atoms with Crippen LogP contribution in [0.3, 0.4) is 0 Å². The summed E-state index contributed by atoms with van der Waals surface area (Å²) in [5.41, 5.74) is 7.45. The molecule has 0 radical (unpaired) electrons. The lowest BCUT2D eigenvalue weighted by molar-refractivity contribution is -0.131. The Labute approximate surface area is 208 Å². The monoisotopic (exact) mass is 477 g/mol. The van der Waals surface area contributed by atoms with Gasteiger partial charge in [0, 0.05) is 24.0 Å². The quantitative estimate of drug-likeness (QED) is 0.254. The number of carbonyl (C=O) groups is 1. The van der Waals surface area contributed by atoms with E-state index in [9.17, 15) is 14.4 Å². The van der Waals surface area contributed by atoms with Gasteiger partial charge in [0.2, 0.25) is 0 Å². The van der Waals surface area contributed by atoms with E-state index in [2.05, 4.69) is 11.1 Å². The molecule has 1 N–H and O–H groups in total. The summed E-state index contributed by atoms with van der Waals surface area (Å²) in [7, 11) is 0. The second kappa shape index (κ2) is 9.63. The summed E-state index contributed by atoms with van der Waals surface area (Å²) in [4.78, 5) is 15.3. The second-order valence-corrected chi connectivity index (χ2v) is 9.03. The largest absolute Gasteiger partial charge is 0.478 e. The molecule has 5 nitrogen and oxygen atoms in total. The highest BCUT2D eigenvalue weighted by Crippen LogP contribution is 2.46. The predicted molar refractivity (Wildman–Crippen MR) is 137 cm³/mol. The number of nitriles is 1. The number of aromatic nitrogens is 2. The third-order valence-electron chi connectivity index (χ3n) is 6.82. The summed E-state index contributed by atoms with van der Waals surface area (Å²) in [6, 6.07) is 18.7. The number of aliphatic carboxylic acids is 1. The van der Waals surface area contributed by atoms with Crippen LogP contribution in [-0.2, 0) is 4.79 Å². The van der Waals surface area contributed by atoms with Gasteiger partial charge < -0.3 is 5.11 Å². The molecule has 0 amide bonds. The van der Waals surface area contributed by atoms with Crippen molar-refractivity contribution < 1.29 is 14.3 Å². The van der Waals surface area contributed by atoms with Crippen LogP contribution in [0.2, 0.25) is 0 Å². The topological polar surface area (TPSA) is 78.4 Å². The number of imidazole rings is 1. The molecule has 0 atom stereocenters. The number of hydrogen-bond acceptors (Lipinski definition) is 3. The van der Waals surface area contributed by atoms with Crippen molar-refractivity contribution in [3.63, 3.8) is 0 Å². The molecule has 1 aliphatic carbocycles. The van der Waals surface area contributed by atoms with Gasteiger partial charge in [-0.25, -0.2) is 14.2 Å². The van der Waals surface area contributed by atoms with E-state index in [0.29, 0.717) is 11.3 Å². The van der Waals surface area contributed by atoms with E-state index in [1.54, 1.807) is 28.9 Å². The highest BCUT2D eigenvalue weighted by Gasteiger charge is 2.29. The van der Waals surface area contributed by atoms with Crippen molar-refractivity contribution in [1.29, 1.82) is 5.26 Å². The Morgan fingerprint density at radius 2 is 1.89 bits per heavy atom. The van der Waals surface area contributed by atoms with Crippen molar-refractivity contribution in [1.82, 2.24) is 9.38 Å². The Bertz CT molecular complexity index is 1570. The van der Waals surface area contributed by atoms with Crippen molar-refractivity contribution in [2.24, 2.45) is 5.92 Å². The van der Waals surface area contributed by atoms with Gasteiger partial charge in [-0.1, -0.05) is 36.8 Å². The Hall–Kier alpha value is -4.50. The highest BCUT2D eigenvalue weighted by atomic mass is 19.1. The zero-order valence-corrected chi connectivity index (χ0v) is 19.8. The Balaban J connectivity index is 1.82. The summed E-state index contributed by atoms with van der Waals surface area (Å²) in [5.74, 6) is -1.01. The van der Waals surface area contributed by atoms with Gasteiger partial charge in [0.25, 0.3) is 0 Å². The Morgan fingerprint density at radius 1 is 1.14 bits per heavy atom. The first-order valence-corrected chi connectivity index (χ1v) is 11.8. The number of carboxylic acid groups (broad SMARTS) is 1. The average molecular weight is 478 g/mol. The minimum atomic E-state index is -1.01. The molecule has 6 heteroatoms. The molecule has 1 saturated carbocycles. The number of rotatable bonds is 6. The summed E-state index contributed by atoms with van der Waals surface area (Å²) >= 11 is 0. The number of hydrogen-bond donors (Lipinski definition) is 1. The number of fused-ring (bicyclic) bond motifs is 1. The normalized spacial score (nSPS) is 14.5. The fourth-order valence-corrected chi connectivity index (χ4v) is 4.88. The number of pyridine rings is 1. The maximum atomic E-state index is 14.1. The molecule has 2 heterocycles. The molecule has 2 aromatic carbocycles. The fraction of sp³-hybridized carbons (Fsp3) is 0.167. The van der Waals surface area contributed by atoms with Gasteiger partial charge in [-0.3, -0.25) is 4.40 Å². The standard InChI is InChI=1S/C30H24FN3O2/c1-19-17-23(31)10-11-24(19)29(21-3-2-4-21)30(22-8-5-20(6-9-22)7-14-28(35)36)25-12-13-27-33-15-16-34(27)26(25)18-32/h5-17,21H,2-4H2,1H3,(H,35,36)/b14-7+,30-29+. The number of aryl methyl sites for hydroxylation is 1. The van der Waals surface area contributed by atoms with Crippen LogP contribution in [0.4, 0.5) is 4.39 Å². The summed E-state index contributed by atoms with van der Waals surface area (Å²) in [5, 5.41) is 19.2. The van der Waals surface area contributed by atoms with E-state index in [1.165, 1.54) is 6.07 Å². The van der Waals surface area contributed by atoms with E-state index < -0.39 is 5.97 Å². The van der Waals surface area contributed by atoms with Crippen molar-refractivity contribution in [2.45, 2.75) is 26.2 Å². The fourth-order valence-electron chi connectivity index (χ4n) is 4.88. The van der Waals surface area contributed by atoms with Gasteiger partial charge in [0.1, 0.15) is 23.2 Å². The molecule has 36 heavy (non-hydrogen) atoms. The molecule has 1 aliphatic rings. The molecular formula is C30H24FN3O2. The third kappa shape index (κ3) is 4.32. The van der Waals surface area contributed by atoms with Crippen molar-refractivity contribution in [3.8, 4) is 6.07 Å². The molecule has 178 valence electrons. The Kier molecular flexibility index (Phi) is 6.22. The lowest BCUT2D eigenvalue weighted by atomic mass is 9.72. The molecule has 5 rings (SSSR count). The van der Waals surface area contributed by atoms with E-state index in [1.807, 2.05) is 49.4 Å². The second-order valence-electron chi connectivity index (χ2n) is 9.03. The first kappa shape index (κ1) is 23.3. The third-order valence-corrected chi connectivity index (χ3v) is 6.82. The molecular weight excluding hydrogens is 453 g/mol. The molecule has 4 aromatic rings. The zero-order chi connectivity index (χ0) is 25.2. The smallest absolute Gasteiger partial charge is 0.328 e. The van der Waals surface area contributed by atoms with Crippen molar-refractivity contribution in [2.75, 3.05) is 0 Å². The van der Waals surface area contributed by atoms with Crippen molar-refractivity contribution >= 4 is 28.8 Å². The molecule has 2 aromatic heterocycles. The lowest BCUT2D eigenvalue weighted by Crippen LogP contribution is -2.16. The van der Waals surface area contributed by atoms with E-state index >= 15 is 0 Å². The molecule has 0 spiro atoms.